The zero-order chi connectivity index (χ0) is 12.8. The summed E-state index contributed by atoms with van der Waals surface area (Å²) in [6.07, 6.45) is 5.40. The molecule has 1 unspecified atom stereocenters. The standard InChI is InChI=1S/C16H22N2/c1-3-7-15(17-11-4-2)13-8-5-10-16-14(13)9-6-12-18-16/h5-6,8-10,12,15,17H,3-4,7,11H2,1-2H3. The molecule has 1 aromatic heterocycles. The molecule has 0 saturated carbocycles. The van der Waals surface area contributed by atoms with Gasteiger partial charge in [-0.15, -0.1) is 0 Å². The second-order valence-corrected chi connectivity index (χ2v) is 4.71. The van der Waals surface area contributed by atoms with Crippen LogP contribution in [0, 0.1) is 0 Å². The van der Waals surface area contributed by atoms with E-state index in [4.69, 9.17) is 0 Å². The van der Waals surface area contributed by atoms with Gasteiger partial charge in [-0.1, -0.05) is 38.5 Å². The molecule has 1 heterocycles. The van der Waals surface area contributed by atoms with Crippen LogP contribution >= 0.6 is 0 Å². The van der Waals surface area contributed by atoms with Gasteiger partial charge in [0.25, 0.3) is 0 Å². The smallest absolute Gasteiger partial charge is 0.0705 e. The lowest BCUT2D eigenvalue weighted by molar-refractivity contribution is 0.497. The number of hydrogen-bond donors (Lipinski definition) is 1. The zero-order valence-electron chi connectivity index (χ0n) is 11.3. The largest absolute Gasteiger partial charge is 0.310 e. The molecule has 2 heteroatoms. The van der Waals surface area contributed by atoms with Crippen molar-refractivity contribution >= 4 is 10.9 Å². The first-order valence-corrected chi connectivity index (χ1v) is 6.93. The number of hydrogen-bond acceptors (Lipinski definition) is 2. The van der Waals surface area contributed by atoms with Gasteiger partial charge in [0, 0.05) is 17.6 Å². The summed E-state index contributed by atoms with van der Waals surface area (Å²) < 4.78 is 0. The van der Waals surface area contributed by atoms with Crippen molar-refractivity contribution in [2.45, 2.75) is 39.2 Å². The molecule has 2 aromatic rings. The van der Waals surface area contributed by atoms with Crippen LogP contribution in [-0.2, 0) is 0 Å². The lowest BCUT2D eigenvalue weighted by Gasteiger charge is -2.20. The third-order valence-electron chi connectivity index (χ3n) is 3.27. The molecule has 0 aliphatic heterocycles. The molecule has 1 N–H and O–H groups in total. The van der Waals surface area contributed by atoms with Gasteiger partial charge in [-0.25, -0.2) is 0 Å². The monoisotopic (exact) mass is 242 g/mol. The van der Waals surface area contributed by atoms with Gasteiger partial charge >= 0.3 is 0 Å². The van der Waals surface area contributed by atoms with E-state index in [0.29, 0.717) is 6.04 Å². The van der Waals surface area contributed by atoms with Crippen LogP contribution in [0.3, 0.4) is 0 Å². The average Bonchev–Trinajstić information content (AvgIpc) is 2.43. The first kappa shape index (κ1) is 13.0. The Balaban J connectivity index is 2.36. The van der Waals surface area contributed by atoms with Gasteiger partial charge in [-0.2, -0.15) is 0 Å². The summed E-state index contributed by atoms with van der Waals surface area (Å²) in [5.41, 5.74) is 2.48. The Morgan fingerprint density at radius 2 is 2.00 bits per heavy atom. The summed E-state index contributed by atoms with van der Waals surface area (Å²) in [7, 11) is 0. The Labute approximate surface area is 109 Å². The van der Waals surface area contributed by atoms with E-state index in [2.05, 4.69) is 48.4 Å². The normalized spacial score (nSPS) is 12.8. The summed E-state index contributed by atoms with van der Waals surface area (Å²) in [5.74, 6) is 0. The van der Waals surface area contributed by atoms with Crippen LogP contribution < -0.4 is 5.32 Å². The van der Waals surface area contributed by atoms with E-state index < -0.39 is 0 Å². The highest BCUT2D eigenvalue weighted by Crippen LogP contribution is 2.26. The van der Waals surface area contributed by atoms with Crippen LogP contribution in [0.25, 0.3) is 10.9 Å². The lowest BCUT2D eigenvalue weighted by atomic mass is 9.98. The minimum Gasteiger partial charge on any atom is -0.310 e. The molecule has 0 bridgehead atoms. The molecular formula is C16H22N2. The lowest BCUT2D eigenvalue weighted by Crippen LogP contribution is -2.22. The van der Waals surface area contributed by atoms with Crippen LogP contribution in [0.1, 0.15) is 44.7 Å². The molecule has 1 aromatic carbocycles. The van der Waals surface area contributed by atoms with Crippen LogP contribution in [0.4, 0.5) is 0 Å². The predicted octanol–water partition coefficient (Wildman–Crippen LogP) is 4.08. The third kappa shape index (κ3) is 2.88. The van der Waals surface area contributed by atoms with Gasteiger partial charge in [-0.05, 0) is 37.1 Å². The van der Waals surface area contributed by atoms with Gasteiger partial charge in [0.1, 0.15) is 0 Å². The Morgan fingerprint density at radius 3 is 2.78 bits per heavy atom. The summed E-state index contributed by atoms with van der Waals surface area (Å²) in [5, 5.41) is 4.93. The molecule has 2 nitrogen and oxygen atoms in total. The summed E-state index contributed by atoms with van der Waals surface area (Å²) >= 11 is 0. The molecule has 0 amide bonds. The number of nitrogens with zero attached hydrogens (tertiary/aromatic N) is 1. The van der Waals surface area contributed by atoms with E-state index in [9.17, 15) is 0 Å². The van der Waals surface area contributed by atoms with Crippen molar-refractivity contribution in [3.05, 3.63) is 42.1 Å². The molecule has 0 saturated heterocycles. The van der Waals surface area contributed by atoms with Crippen molar-refractivity contribution in [2.24, 2.45) is 0 Å². The molecule has 0 spiro atoms. The predicted molar refractivity (Wildman–Crippen MR) is 77.7 cm³/mol. The molecule has 18 heavy (non-hydrogen) atoms. The maximum absolute atomic E-state index is 4.44. The topological polar surface area (TPSA) is 24.9 Å². The van der Waals surface area contributed by atoms with Crippen LogP contribution in [0.2, 0.25) is 0 Å². The molecule has 0 aliphatic carbocycles. The van der Waals surface area contributed by atoms with E-state index >= 15 is 0 Å². The Hall–Kier alpha value is -1.41. The summed E-state index contributed by atoms with van der Waals surface area (Å²) in [4.78, 5) is 4.44. The summed E-state index contributed by atoms with van der Waals surface area (Å²) in [6, 6.07) is 11.1. The Bertz CT molecular complexity index is 488. The Kier molecular flexibility index (Phi) is 4.71. The van der Waals surface area contributed by atoms with Gasteiger partial charge in [0.05, 0.1) is 5.52 Å². The highest BCUT2D eigenvalue weighted by molar-refractivity contribution is 5.82. The second kappa shape index (κ2) is 6.50. The molecule has 2 rings (SSSR count). The van der Waals surface area contributed by atoms with E-state index in [1.54, 1.807) is 0 Å². The van der Waals surface area contributed by atoms with E-state index in [1.807, 2.05) is 12.3 Å². The van der Waals surface area contributed by atoms with Gasteiger partial charge in [0.2, 0.25) is 0 Å². The quantitative estimate of drug-likeness (QED) is 0.825. The highest BCUT2D eigenvalue weighted by Gasteiger charge is 2.12. The van der Waals surface area contributed by atoms with Gasteiger partial charge in [-0.3, -0.25) is 4.98 Å². The number of nitrogens with one attached hydrogen (secondary N) is 1. The fourth-order valence-electron chi connectivity index (χ4n) is 2.41. The molecule has 0 aliphatic rings. The van der Waals surface area contributed by atoms with Crippen molar-refractivity contribution in [3.8, 4) is 0 Å². The number of pyridine rings is 1. The molecule has 96 valence electrons. The fraction of sp³-hybridized carbons (Fsp3) is 0.438. The van der Waals surface area contributed by atoms with Crippen molar-refractivity contribution in [1.29, 1.82) is 0 Å². The molecular weight excluding hydrogens is 220 g/mol. The van der Waals surface area contributed by atoms with Crippen molar-refractivity contribution < 1.29 is 0 Å². The second-order valence-electron chi connectivity index (χ2n) is 4.71. The van der Waals surface area contributed by atoms with E-state index in [0.717, 1.165) is 12.1 Å². The average molecular weight is 242 g/mol. The highest BCUT2D eigenvalue weighted by atomic mass is 14.9. The van der Waals surface area contributed by atoms with E-state index in [-0.39, 0.29) is 0 Å². The van der Waals surface area contributed by atoms with Crippen molar-refractivity contribution in [2.75, 3.05) is 6.54 Å². The fourth-order valence-corrected chi connectivity index (χ4v) is 2.41. The van der Waals surface area contributed by atoms with Crippen LogP contribution in [0.15, 0.2) is 36.5 Å². The maximum atomic E-state index is 4.44. The van der Waals surface area contributed by atoms with Crippen molar-refractivity contribution in [3.63, 3.8) is 0 Å². The molecule has 0 radical (unpaired) electrons. The first-order valence-electron chi connectivity index (χ1n) is 6.93. The zero-order valence-corrected chi connectivity index (χ0v) is 11.3. The third-order valence-corrected chi connectivity index (χ3v) is 3.27. The number of fused-ring (bicyclic) bond motifs is 1. The van der Waals surface area contributed by atoms with E-state index in [1.165, 1.54) is 30.2 Å². The maximum Gasteiger partial charge on any atom is 0.0705 e. The van der Waals surface area contributed by atoms with Gasteiger partial charge < -0.3 is 5.32 Å². The Morgan fingerprint density at radius 1 is 1.11 bits per heavy atom. The first-order chi connectivity index (χ1) is 8.86. The minimum atomic E-state index is 0.447. The minimum absolute atomic E-state index is 0.447. The number of aromatic nitrogens is 1. The molecule has 1 atom stereocenters. The number of benzene rings is 1. The molecule has 0 fully saturated rings. The summed E-state index contributed by atoms with van der Waals surface area (Å²) in [6.45, 7) is 5.52. The van der Waals surface area contributed by atoms with Crippen LogP contribution in [-0.4, -0.2) is 11.5 Å². The van der Waals surface area contributed by atoms with Gasteiger partial charge in [0.15, 0.2) is 0 Å². The SMILES string of the molecule is CCCNC(CCC)c1cccc2ncccc12. The van der Waals surface area contributed by atoms with Crippen molar-refractivity contribution in [1.82, 2.24) is 10.3 Å². The van der Waals surface area contributed by atoms with Crippen LogP contribution in [0.5, 0.6) is 0 Å². The number of rotatable bonds is 6.